The van der Waals surface area contributed by atoms with E-state index < -0.39 is 27.4 Å². The van der Waals surface area contributed by atoms with E-state index >= 15 is 0 Å². The first kappa shape index (κ1) is 20.5. The highest BCUT2D eigenvalue weighted by Crippen LogP contribution is 2.20. The van der Waals surface area contributed by atoms with E-state index in [0.717, 1.165) is 10.5 Å². The molecule has 0 bridgehead atoms. The Labute approximate surface area is 160 Å². The fourth-order valence-corrected chi connectivity index (χ4v) is 3.33. The zero-order valence-electron chi connectivity index (χ0n) is 14.1. The smallest absolute Gasteiger partial charge is 0.270 e. The lowest BCUT2D eigenvalue weighted by Gasteiger charge is -2.15. The molecule has 1 N–H and O–H groups in total. The molecular formula is C16H15ClN4O5S. The van der Waals surface area contributed by atoms with Crippen molar-refractivity contribution in [1.82, 2.24) is 9.73 Å². The molecule has 0 saturated carbocycles. The predicted octanol–water partition coefficient (Wildman–Crippen LogP) is 2.02. The summed E-state index contributed by atoms with van der Waals surface area (Å²) in [6.45, 7) is -0.461. The maximum Gasteiger partial charge on any atom is 0.270 e. The van der Waals surface area contributed by atoms with E-state index in [-0.39, 0.29) is 21.2 Å². The van der Waals surface area contributed by atoms with Crippen molar-refractivity contribution in [3.8, 4) is 0 Å². The summed E-state index contributed by atoms with van der Waals surface area (Å²) in [6.07, 6.45) is 1.14. The van der Waals surface area contributed by atoms with Crippen molar-refractivity contribution in [2.24, 2.45) is 5.10 Å². The summed E-state index contributed by atoms with van der Waals surface area (Å²) in [7, 11) is -2.54. The first-order chi connectivity index (χ1) is 12.7. The number of amides is 1. The van der Waals surface area contributed by atoms with Crippen LogP contribution in [0.3, 0.4) is 0 Å². The molecule has 2 rings (SSSR count). The van der Waals surface area contributed by atoms with E-state index in [1.165, 1.54) is 37.4 Å². The first-order valence-electron chi connectivity index (χ1n) is 7.49. The number of sulfonamides is 1. The number of nitro benzene ring substituents is 1. The molecule has 0 atom stereocenters. The zero-order valence-corrected chi connectivity index (χ0v) is 15.6. The van der Waals surface area contributed by atoms with Gasteiger partial charge in [-0.05, 0) is 18.2 Å². The summed E-state index contributed by atoms with van der Waals surface area (Å²) in [5.41, 5.74) is 2.21. The molecule has 0 aromatic heterocycles. The minimum Gasteiger partial charge on any atom is -0.272 e. The summed E-state index contributed by atoms with van der Waals surface area (Å²) in [6, 6.07) is 11.5. The average Bonchev–Trinajstić information content (AvgIpc) is 2.63. The highest BCUT2D eigenvalue weighted by molar-refractivity contribution is 7.89. The van der Waals surface area contributed by atoms with Gasteiger partial charge >= 0.3 is 0 Å². The van der Waals surface area contributed by atoms with E-state index in [1.807, 2.05) is 0 Å². The highest BCUT2D eigenvalue weighted by atomic mass is 35.5. The van der Waals surface area contributed by atoms with E-state index in [0.29, 0.717) is 0 Å². The minimum atomic E-state index is -3.81. The Balaban J connectivity index is 2.01. The van der Waals surface area contributed by atoms with Gasteiger partial charge in [0.1, 0.15) is 0 Å². The van der Waals surface area contributed by atoms with Gasteiger partial charge < -0.3 is 0 Å². The highest BCUT2D eigenvalue weighted by Gasteiger charge is 2.22. The summed E-state index contributed by atoms with van der Waals surface area (Å²) in [4.78, 5) is 22.1. The number of benzene rings is 2. The van der Waals surface area contributed by atoms with Crippen molar-refractivity contribution >= 4 is 39.4 Å². The molecule has 27 heavy (non-hydrogen) atoms. The number of rotatable bonds is 7. The Bertz CT molecular complexity index is 980. The number of carbonyl (C=O) groups is 1. The van der Waals surface area contributed by atoms with Crippen LogP contribution in [0.5, 0.6) is 0 Å². The maximum atomic E-state index is 12.3. The maximum absolute atomic E-state index is 12.3. The number of nitrogens with zero attached hydrogens (tertiary/aromatic N) is 3. The second-order valence-corrected chi connectivity index (χ2v) is 7.78. The number of carbonyl (C=O) groups excluding carboxylic acids is 1. The fraction of sp³-hybridized carbons (Fsp3) is 0.125. The molecule has 9 nitrogen and oxygen atoms in total. The van der Waals surface area contributed by atoms with E-state index in [2.05, 4.69) is 10.5 Å². The molecule has 2 aromatic rings. The lowest BCUT2D eigenvalue weighted by Crippen LogP contribution is -2.36. The minimum absolute atomic E-state index is 0.0622. The number of nitrogens with one attached hydrogen (secondary N) is 1. The lowest BCUT2D eigenvalue weighted by molar-refractivity contribution is -0.384. The molecule has 0 saturated heterocycles. The van der Waals surface area contributed by atoms with Gasteiger partial charge in [0.25, 0.3) is 11.6 Å². The third kappa shape index (κ3) is 5.33. The van der Waals surface area contributed by atoms with E-state index in [1.54, 1.807) is 18.2 Å². The number of halogens is 1. The van der Waals surface area contributed by atoms with Gasteiger partial charge in [-0.25, -0.2) is 13.8 Å². The summed E-state index contributed by atoms with van der Waals surface area (Å²) < 4.78 is 25.6. The third-order valence-corrected chi connectivity index (χ3v) is 5.56. The van der Waals surface area contributed by atoms with Gasteiger partial charge in [-0.2, -0.15) is 9.41 Å². The Kier molecular flexibility index (Phi) is 6.61. The molecule has 142 valence electrons. The molecule has 0 radical (unpaired) electrons. The summed E-state index contributed by atoms with van der Waals surface area (Å²) in [5, 5.41) is 14.6. The van der Waals surface area contributed by atoms with Gasteiger partial charge in [0.05, 0.1) is 22.6 Å². The number of likely N-dealkylation sites (N-methyl/N-ethyl adjacent to an activating group) is 1. The van der Waals surface area contributed by atoms with Gasteiger partial charge in [-0.15, -0.1) is 0 Å². The van der Waals surface area contributed by atoms with E-state index in [9.17, 15) is 23.3 Å². The standard InChI is InChI=1S/C16H15ClN4O5S/c1-20(27(25,26)14-5-3-2-4-6-14)11-16(22)19-18-10-12-9-13(21(23)24)7-8-15(12)17/h2-10H,11H2,1H3,(H,19,22). The predicted molar refractivity (Wildman–Crippen MR) is 100 cm³/mol. The van der Waals surface area contributed by atoms with Gasteiger partial charge in [0, 0.05) is 29.8 Å². The SMILES string of the molecule is CN(CC(=O)NN=Cc1cc([N+](=O)[O-])ccc1Cl)S(=O)(=O)c1ccccc1. The second kappa shape index (κ2) is 8.71. The molecule has 0 aliphatic heterocycles. The summed E-state index contributed by atoms with van der Waals surface area (Å²) >= 11 is 5.91. The molecule has 0 aliphatic carbocycles. The molecular weight excluding hydrogens is 396 g/mol. The van der Waals surface area contributed by atoms with Crippen LogP contribution in [0.1, 0.15) is 5.56 Å². The van der Waals surface area contributed by atoms with Crippen molar-refractivity contribution in [3.05, 3.63) is 69.2 Å². The zero-order chi connectivity index (χ0) is 20.0. The molecule has 0 spiro atoms. The van der Waals surface area contributed by atoms with Crippen molar-refractivity contribution in [2.75, 3.05) is 13.6 Å². The van der Waals surface area contributed by atoms with Crippen molar-refractivity contribution in [3.63, 3.8) is 0 Å². The lowest BCUT2D eigenvalue weighted by atomic mass is 10.2. The third-order valence-electron chi connectivity index (χ3n) is 3.40. The largest absolute Gasteiger partial charge is 0.272 e. The van der Waals surface area contributed by atoms with Crippen LogP contribution in [-0.2, 0) is 14.8 Å². The van der Waals surface area contributed by atoms with Crippen LogP contribution in [0.15, 0.2) is 58.5 Å². The molecule has 0 heterocycles. The van der Waals surface area contributed by atoms with Gasteiger partial charge in [0.15, 0.2) is 0 Å². The van der Waals surface area contributed by atoms with Crippen molar-refractivity contribution in [2.45, 2.75) is 4.90 Å². The average molecular weight is 411 g/mol. The second-order valence-electron chi connectivity index (χ2n) is 5.33. The number of hydrogen-bond donors (Lipinski definition) is 1. The quantitative estimate of drug-likeness (QED) is 0.425. The number of hydrazone groups is 1. The van der Waals surface area contributed by atoms with Gasteiger partial charge in [0.2, 0.25) is 10.0 Å². The number of non-ortho nitro benzene ring substituents is 1. The molecule has 0 fully saturated rings. The number of nitro groups is 1. The van der Waals surface area contributed by atoms with Crippen LogP contribution < -0.4 is 5.43 Å². The van der Waals surface area contributed by atoms with Crippen LogP contribution in [0.4, 0.5) is 5.69 Å². The van der Waals surface area contributed by atoms with Crippen LogP contribution in [0.2, 0.25) is 5.02 Å². The van der Waals surface area contributed by atoms with Crippen LogP contribution in [-0.4, -0.2) is 43.4 Å². The molecule has 11 heteroatoms. The molecule has 0 aliphatic rings. The van der Waals surface area contributed by atoms with Gasteiger partial charge in [-0.1, -0.05) is 29.8 Å². The Hall–Kier alpha value is -2.82. The van der Waals surface area contributed by atoms with Crippen LogP contribution in [0, 0.1) is 10.1 Å². The normalized spacial score (nSPS) is 11.7. The fourth-order valence-electron chi connectivity index (χ4n) is 2.01. The van der Waals surface area contributed by atoms with Crippen LogP contribution in [0.25, 0.3) is 0 Å². The van der Waals surface area contributed by atoms with Gasteiger partial charge in [-0.3, -0.25) is 14.9 Å². The monoisotopic (exact) mass is 410 g/mol. The van der Waals surface area contributed by atoms with Crippen LogP contribution >= 0.6 is 11.6 Å². The Morgan fingerprint density at radius 3 is 2.59 bits per heavy atom. The number of hydrogen-bond acceptors (Lipinski definition) is 6. The topological polar surface area (TPSA) is 122 Å². The molecule has 2 aromatic carbocycles. The van der Waals surface area contributed by atoms with Crippen molar-refractivity contribution < 1.29 is 18.1 Å². The molecule has 1 amide bonds. The Morgan fingerprint density at radius 1 is 1.30 bits per heavy atom. The molecule has 0 unspecified atom stereocenters. The van der Waals surface area contributed by atoms with Crippen molar-refractivity contribution in [1.29, 1.82) is 0 Å². The first-order valence-corrected chi connectivity index (χ1v) is 9.31. The Morgan fingerprint density at radius 2 is 1.96 bits per heavy atom. The van der Waals surface area contributed by atoms with E-state index in [4.69, 9.17) is 11.6 Å². The summed E-state index contributed by atoms with van der Waals surface area (Å²) in [5.74, 6) is -0.685.